The summed E-state index contributed by atoms with van der Waals surface area (Å²) in [7, 11) is 0. The predicted octanol–water partition coefficient (Wildman–Crippen LogP) is 4.92. The highest BCUT2D eigenvalue weighted by atomic mass is 16.1. The number of rotatable bonds is 7. The summed E-state index contributed by atoms with van der Waals surface area (Å²) in [6, 6.07) is 20.1. The van der Waals surface area contributed by atoms with Crippen LogP contribution in [0, 0.1) is 0 Å². The molecule has 0 radical (unpaired) electrons. The van der Waals surface area contributed by atoms with E-state index in [1.807, 2.05) is 42.5 Å². The largest absolute Gasteiger partial charge is 0.354 e. The first kappa shape index (κ1) is 18.6. The van der Waals surface area contributed by atoms with E-state index in [0.717, 1.165) is 17.8 Å². The van der Waals surface area contributed by atoms with E-state index in [-0.39, 0.29) is 5.91 Å². The SMILES string of the molecule is CC(C)c1ccccc1Nc1cncc(C(=O)NCCc2ccccc2)c1. The fraction of sp³-hybridized carbons (Fsp3) is 0.217. The first-order chi connectivity index (χ1) is 13.1. The molecule has 4 heteroatoms. The maximum Gasteiger partial charge on any atom is 0.252 e. The van der Waals surface area contributed by atoms with Crippen molar-refractivity contribution in [1.82, 2.24) is 10.3 Å². The van der Waals surface area contributed by atoms with Gasteiger partial charge in [-0.1, -0.05) is 62.4 Å². The average molecular weight is 359 g/mol. The molecule has 1 heterocycles. The van der Waals surface area contributed by atoms with Gasteiger partial charge in [-0.05, 0) is 35.6 Å². The van der Waals surface area contributed by atoms with Crippen molar-refractivity contribution in [3.63, 3.8) is 0 Å². The summed E-state index contributed by atoms with van der Waals surface area (Å²) in [6.07, 6.45) is 4.13. The van der Waals surface area contributed by atoms with Gasteiger partial charge in [-0.15, -0.1) is 0 Å². The van der Waals surface area contributed by atoms with Crippen LogP contribution in [0.25, 0.3) is 0 Å². The molecule has 1 amide bonds. The summed E-state index contributed by atoms with van der Waals surface area (Å²) in [5, 5.41) is 6.35. The molecular weight excluding hydrogens is 334 g/mol. The number of amides is 1. The Morgan fingerprint density at radius 1 is 1.00 bits per heavy atom. The van der Waals surface area contributed by atoms with E-state index in [4.69, 9.17) is 0 Å². The van der Waals surface area contributed by atoms with Crippen LogP contribution in [0.3, 0.4) is 0 Å². The Balaban J connectivity index is 1.64. The molecule has 1 aromatic heterocycles. The maximum atomic E-state index is 12.4. The molecule has 0 spiro atoms. The zero-order chi connectivity index (χ0) is 19.1. The number of carbonyl (C=O) groups is 1. The van der Waals surface area contributed by atoms with Crippen molar-refractivity contribution in [3.05, 3.63) is 89.7 Å². The van der Waals surface area contributed by atoms with Crippen molar-refractivity contribution in [2.45, 2.75) is 26.2 Å². The van der Waals surface area contributed by atoms with Crippen molar-refractivity contribution in [3.8, 4) is 0 Å². The van der Waals surface area contributed by atoms with Crippen LogP contribution in [0.5, 0.6) is 0 Å². The van der Waals surface area contributed by atoms with Gasteiger partial charge in [-0.25, -0.2) is 0 Å². The van der Waals surface area contributed by atoms with E-state index in [1.54, 1.807) is 12.4 Å². The molecule has 2 N–H and O–H groups in total. The summed E-state index contributed by atoms with van der Waals surface area (Å²) < 4.78 is 0. The number of pyridine rings is 1. The first-order valence-electron chi connectivity index (χ1n) is 9.26. The quantitative estimate of drug-likeness (QED) is 0.629. The molecule has 0 saturated carbocycles. The summed E-state index contributed by atoms with van der Waals surface area (Å²) in [6.45, 7) is 4.92. The van der Waals surface area contributed by atoms with Crippen LogP contribution in [0.1, 0.15) is 41.3 Å². The summed E-state index contributed by atoms with van der Waals surface area (Å²) >= 11 is 0. The first-order valence-corrected chi connectivity index (χ1v) is 9.26. The Morgan fingerprint density at radius 2 is 1.74 bits per heavy atom. The van der Waals surface area contributed by atoms with Crippen molar-refractivity contribution in [2.24, 2.45) is 0 Å². The lowest BCUT2D eigenvalue weighted by molar-refractivity contribution is 0.0954. The molecule has 138 valence electrons. The number of hydrogen-bond acceptors (Lipinski definition) is 3. The minimum absolute atomic E-state index is 0.112. The lowest BCUT2D eigenvalue weighted by Crippen LogP contribution is -2.25. The second kappa shape index (κ2) is 8.99. The number of benzene rings is 2. The zero-order valence-electron chi connectivity index (χ0n) is 15.8. The van der Waals surface area contributed by atoms with Gasteiger partial charge in [0.05, 0.1) is 17.4 Å². The molecule has 0 aliphatic rings. The molecule has 2 aromatic carbocycles. The monoisotopic (exact) mass is 359 g/mol. The van der Waals surface area contributed by atoms with Gasteiger partial charge in [-0.2, -0.15) is 0 Å². The van der Waals surface area contributed by atoms with E-state index >= 15 is 0 Å². The van der Waals surface area contributed by atoms with Crippen molar-refractivity contribution in [1.29, 1.82) is 0 Å². The molecule has 0 aliphatic heterocycles. The third kappa shape index (κ3) is 5.17. The average Bonchev–Trinajstić information content (AvgIpc) is 2.69. The summed E-state index contributed by atoms with van der Waals surface area (Å²) in [5.74, 6) is 0.297. The fourth-order valence-electron chi connectivity index (χ4n) is 2.97. The summed E-state index contributed by atoms with van der Waals surface area (Å²) in [5.41, 5.74) is 4.83. The number of nitrogens with one attached hydrogen (secondary N) is 2. The fourth-order valence-corrected chi connectivity index (χ4v) is 2.97. The smallest absolute Gasteiger partial charge is 0.252 e. The lowest BCUT2D eigenvalue weighted by Gasteiger charge is -2.15. The second-order valence-corrected chi connectivity index (χ2v) is 6.82. The van der Waals surface area contributed by atoms with E-state index in [9.17, 15) is 4.79 Å². The molecule has 0 fully saturated rings. The van der Waals surface area contributed by atoms with E-state index in [1.165, 1.54) is 11.1 Å². The minimum Gasteiger partial charge on any atom is -0.354 e. The van der Waals surface area contributed by atoms with Gasteiger partial charge < -0.3 is 10.6 Å². The van der Waals surface area contributed by atoms with Crippen LogP contribution in [-0.2, 0) is 6.42 Å². The highest BCUT2D eigenvalue weighted by molar-refractivity contribution is 5.94. The van der Waals surface area contributed by atoms with Crippen molar-refractivity contribution < 1.29 is 4.79 Å². The van der Waals surface area contributed by atoms with Crippen LogP contribution >= 0.6 is 0 Å². The molecule has 0 unspecified atom stereocenters. The predicted molar refractivity (Wildman–Crippen MR) is 111 cm³/mol. The number of anilines is 2. The number of carbonyl (C=O) groups excluding carboxylic acids is 1. The Bertz CT molecular complexity index is 891. The van der Waals surface area contributed by atoms with Crippen LogP contribution < -0.4 is 10.6 Å². The molecule has 3 rings (SSSR count). The van der Waals surface area contributed by atoms with Crippen LogP contribution in [-0.4, -0.2) is 17.4 Å². The number of aromatic nitrogens is 1. The van der Waals surface area contributed by atoms with Gasteiger partial charge in [0.15, 0.2) is 0 Å². The molecule has 3 aromatic rings. The lowest BCUT2D eigenvalue weighted by atomic mass is 10.0. The molecule has 27 heavy (non-hydrogen) atoms. The third-order valence-electron chi connectivity index (χ3n) is 4.40. The van der Waals surface area contributed by atoms with Gasteiger partial charge in [0.25, 0.3) is 5.91 Å². The van der Waals surface area contributed by atoms with Gasteiger partial charge in [0, 0.05) is 18.4 Å². The van der Waals surface area contributed by atoms with E-state index in [0.29, 0.717) is 18.0 Å². The normalized spacial score (nSPS) is 10.6. The molecule has 0 bridgehead atoms. The molecule has 0 aliphatic carbocycles. The Kier molecular flexibility index (Phi) is 6.21. The highest BCUT2D eigenvalue weighted by Gasteiger charge is 2.09. The van der Waals surface area contributed by atoms with Crippen molar-refractivity contribution >= 4 is 17.3 Å². The zero-order valence-corrected chi connectivity index (χ0v) is 15.8. The number of hydrogen-bond donors (Lipinski definition) is 2. The van der Waals surface area contributed by atoms with Gasteiger partial charge >= 0.3 is 0 Å². The van der Waals surface area contributed by atoms with E-state index in [2.05, 4.69) is 47.7 Å². The maximum absolute atomic E-state index is 12.4. The van der Waals surface area contributed by atoms with Gasteiger partial charge in [0.1, 0.15) is 0 Å². The van der Waals surface area contributed by atoms with E-state index < -0.39 is 0 Å². The van der Waals surface area contributed by atoms with Crippen LogP contribution in [0.15, 0.2) is 73.1 Å². The molecule has 0 atom stereocenters. The third-order valence-corrected chi connectivity index (χ3v) is 4.40. The Hall–Kier alpha value is -3.14. The second-order valence-electron chi connectivity index (χ2n) is 6.82. The summed E-state index contributed by atoms with van der Waals surface area (Å²) in [4.78, 5) is 16.7. The van der Waals surface area contributed by atoms with Crippen molar-refractivity contribution in [2.75, 3.05) is 11.9 Å². The molecule has 4 nitrogen and oxygen atoms in total. The number of para-hydroxylation sites is 1. The molecule has 0 saturated heterocycles. The number of nitrogens with zero attached hydrogens (tertiary/aromatic N) is 1. The van der Waals surface area contributed by atoms with Crippen LogP contribution in [0.2, 0.25) is 0 Å². The molecular formula is C23H25N3O. The van der Waals surface area contributed by atoms with Gasteiger partial charge in [-0.3, -0.25) is 9.78 Å². The Morgan fingerprint density at radius 3 is 2.52 bits per heavy atom. The van der Waals surface area contributed by atoms with Crippen LogP contribution in [0.4, 0.5) is 11.4 Å². The topological polar surface area (TPSA) is 54.0 Å². The standard InChI is InChI=1S/C23H25N3O/c1-17(2)21-10-6-7-11-22(21)26-20-14-19(15-24-16-20)23(27)25-13-12-18-8-4-3-5-9-18/h3-11,14-17,26H,12-13H2,1-2H3,(H,25,27). The highest BCUT2D eigenvalue weighted by Crippen LogP contribution is 2.26. The van der Waals surface area contributed by atoms with Gasteiger partial charge in [0.2, 0.25) is 0 Å². The minimum atomic E-state index is -0.112. The Labute approximate surface area is 160 Å².